The summed E-state index contributed by atoms with van der Waals surface area (Å²) in [4.78, 5) is 11.5. The highest BCUT2D eigenvalue weighted by Gasteiger charge is 2.13. The number of nitriles is 1. The molecular weight excluding hydrogens is 250 g/mol. The number of alkyl halides is 1. The average Bonchev–Trinajstić information content (AvgIpc) is 2.37. The quantitative estimate of drug-likeness (QED) is 0.607. The molecule has 3 nitrogen and oxygen atoms in total. The second-order valence-electron chi connectivity index (χ2n) is 3.86. The van der Waals surface area contributed by atoms with Gasteiger partial charge in [-0.3, -0.25) is 4.79 Å². The molecule has 0 amide bonds. The highest BCUT2D eigenvalue weighted by Crippen LogP contribution is 2.21. The first-order valence-electron chi connectivity index (χ1n) is 5.92. The van der Waals surface area contributed by atoms with Gasteiger partial charge in [0.25, 0.3) is 0 Å². The normalized spacial score (nSPS) is 9.89. The number of hydrogen-bond donors (Lipinski definition) is 0. The standard InChI is InChI=1S/C14H16ClNO2/c1-3-10-5-11(7-14(17)18-4-2)13(8-15)12(6-10)9-16/h5-6H,3-4,7-8H2,1-2H3. The van der Waals surface area contributed by atoms with Crippen molar-refractivity contribution in [1.29, 1.82) is 5.26 Å². The third-order valence-electron chi connectivity index (χ3n) is 2.70. The molecule has 0 aliphatic rings. The third-order valence-corrected chi connectivity index (χ3v) is 2.97. The zero-order chi connectivity index (χ0) is 13.5. The highest BCUT2D eigenvalue weighted by atomic mass is 35.5. The summed E-state index contributed by atoms with van der Waals surface area (Å²) >= 11 is 5.87. The Bertz CT molecular complexity index is 477. The maximum absolute atomic E-state index is 11.5. The van der Waals surface area contributed by atoms with E-state index in [4.69, 9.17) is 21.6 Å². The van der Waals surface area contributed by atoms with Crippen molar-refractivity contribution in [1.82, 2.24) is 0 Å². The van der Waals surface area contributed by atoms with Gasteiger partial charge in [0.2, 0.25) is 0 Å². The molecule has 96 valence electrons. The van der Waals surface area contributed by atoms with Crippen molar-refractivity contribution < 1.29 is 9.53 Å². The summed E-state index contributed by atoms with van der Waals surface area (Å²) in [6.07, 6.45) is 0.978. The van der Waals surface area contributed by atoms with E-state index in [1.165, 1.54) is 0 Å². The van der Waals surface area contributed by atoms with Crippen LogP contribution in [0.3, 0.4) is 0 Å². The molecule has 0 aliphatic heterocycles. The molecule has 18 heavy (non-hydrogen) atoms. The maximum Gasteiger partial charge on any atom is 0.310 e. The minimum Gasteiger partial charge on any atom is -0.466 e. The lowest BCUT2D eigenvalue weighted by Gasteiger charge is -2.11. The molecule has 0 fully saturated rings. The fourth-order valence-corrected chi connectivity index (χ4v) is 2.10. The van der Waals surface area contributed by atoms with Gasteiger partial charge in [-0.2, -0.15) is 5.26 Å². The summed E-state index contributed by atoms with van der Waals surface area (Å²) in [5, 5.41) is 9.11. The zero-order valence-corrected chi connectivity index (χ0v) is 11.4. The lowest BCUT2D eigenvalue weighted by Crippen LogP contribution is -2.10. The first kappa shape index (κ1) is 14.5. The Kier molecular flexibility index (Phi) is 5.67. The summed E-state index contributed by atoms with van der Waals surface area (Å²) in [7, 11) is 0. The van der Waals surface area contributed by atoms with Crippen molar-refractivity contribution >= 4 is 17.6 Å². The van der Waals surface area contributed by atoms with Gasteiger partial charge in [-0.25, -0.2) is 0 Å². The van der Waals surface area contributed by atoms with Crippen LogP contribution >= 0.6 is 11.6 Å². The van der Waals surface area contributed by atoms with Crippen molar-refractivity contribution in [2.45, 2.75) is 32.6 Å². The Hall–Kier alpha value is -1.53. The van der Waals surface area contributed by atoms with E-state index in [0.717, 1.165) is 23.1 Å². The van der Waals surface area contributed by atoms with Crippen LogP contribution in [0.1, 0.15) is 36.1 Å². The van der Waals surface area contributed by atoms with Crippen molar-refractivity contribution in [3.8, 4) is 6.07 Å². The monoisotopic (exact) mass is 265 g/mol. The predicted octanol–water partition coefficient (Wildman–Crippen LogP) is 2.97. The Morgan fingerprint density at radius 2 is 2.17 bits per heavy atom. The molecule has 1 aromatic rings. The number of hydrogen-bond acceptors (Lipinski definition) is 3. The van der Waals surface area contributed by atoms with E-state index in [9.17, 15) is 4.79 Å². The van der Waals surface area contributed by atoms with E-state index in [2.05, 4.69) is 6.07 Å². The molecule has 1 aromatic carbocycles. The van der Waals surface area contributed by atoms with E-state index in [0.29, 0.717) is 12.2 Å². The van der Waals surface area contributed by atoms with Crippen LogP contribution < -0.4 is 0 Å². The van der Waals surface area contributed by atoms with E-state index in [1.54, 1.807) is 6.92 Å². The largest absolute Gasteiger partial charge is 0.466 e. The van der Waals surface area contributed by atoms with Crippen LogP contribution in [0.25, 0.3) is 0 Å². The number of esters is 1. The number of carbonyl (C=O) groups excluding carboxylic acids is 1. The van der Waals surface area contributed by atoms with Gasteiger partial charge in [0.05, 0.1) is 24.7 Å². The first-order valence-corrected chi connectivity index (χ1v) is 6.46. The van der Waals surface area contributed by atoms with E-state index in [-0.39, 0.29) is 18.3 Å². The molecular formula is C14H16ClNO2. The van der Waals surface area contributed by atoms with Gasteiger partial charge >= 0.3 is 5.97 Å². The van der Waals surface area contributed by atoms with Crippen molar-refractivity contribution in [3.05, 3.63) is 34.4 Å². The fraction of sp³-hybridized carbons (Fsp3) is 0.429. The van der Waals surface area contributed by atoms with Crippen LogP contribution in [-0.4, -0.2) is 12.6 Å². The van der Waals surface area contributed by atoms with Gasteiger partial charge in [0.1, 0.15) is 0 Å². The number of ether oxygens (including phenoxy) is 1. The third kappa shape index (κ3) is 3.48. The summed E-state index contributed by atoms with van der Waals surface area (Å²) in [5.41, 5.74) is 3.09. The van der Waals surface area contributed by atoms with Crippen LogP contribution in [0.4, 0.5) is 0 Å². The van der Waals surface area contributed by atoms with E-state index in [1.807, 2.05) is 19.1 Å². The van der Waals surface area contributed by atoms with Gasteiger partial charge < -0.3 is 4.74 Å². The van der Waals surface area contributed by atoms with E-state index < -0.39 is 0 Å². The molecule has 0 atom stereocenters. The summed E-state index contributed by atoms with van der Waals surface area (Å²) < 4.78 is 4.93. The average molecular weight is 266 g/mol. The molecule has 4 heteroatoms. The van der Waals surface area contributed by atoms with Gasteiger partial charge in [0, 0.05) is 5.88 Å². The van der Waals surface area contributed by atoms with Crippen LogP contribution in [0.15, 0.2) is 12.1 Å². The second-order valence-corrected chi connectivity index (χ2v) is 4.13. The topological polar surface area (TPSA) is 50.1 Å². The molecule has 0 aromatic heterocycles. The Morgan fingerprint density at radius 3 is 2.67 bits per heavy atom. The van der Waals surface area contributed by atoms with Gasteiger partial charge in [-0.15, -0.1) is 11.6 Å². The number of nitrogens with zero attached hydrogens (tertiary/aromatic N) is 1. The summed E-state index contributed by atoms with van der Waals surface area (Å²) in [6.45, 7) is 4.13. The summed E-state index contributed by atoms with van der Waals surface area (Å²) in [6, 6.07) is 5.88. The molecule has 0 saturated heterocycles. The van der Waals surface area contributed by atoms with Crippen molar-refractivity contribution in [2.75, 3.05) is 6.61 Å². The molecule has 0 spiro atoms. The lowest BCUT2D eigenvalue weighted by atomic mass is 9.96. The number of carbonyl (C=O) groups is 1. The number of rotatable bonds is 5. The smallest absolute Gasteiger partial charge is 0.310 e. The Morgan fingerprint density at radius 1 is 1.44 bits per heavy atom. The predicted molar refractivity (Wildman–Crippen MR) is 70.4 cm³/mol. The summed E-state index contributed by atoms with van der Waals surface area (Å²) in [5.74, 6) is -0.0669. The molecule has 0 N–H and O–H groups in total. The van der Waals surface area contributed by atoms with Crippen LogP contribution in [0.2, 0.25) is 0 Å². The van der Waals surface area contributed by atoms with E-state index >= 15 is 0 Å². The first-order chi connectivity index (χ1) is 8.65. The van der Waals surface area contributed by atoms with Crippen molar-refractivity contribution in [3.63, 3.8) is 0 Å². The fourth-order valence-electron chi connectivity index (χ4n) is 1.78. The molecule has 0 radical (unpaired) electrons. The number of benzene rings is 1. The minimum absolute atomic E-state index is 0.165. The van der Waals surface area contributed by atoms with Gasteiger partial charge in [-0.1, -0.05) is 13.0 Å². The van der Waals surface area contributed by atoms with Crippen LogP contribution in [-0.2, 0) is 28.3 Å². The highest BCUT2D eigenvalue weighted by molar-refractivity contribution is 6.17. The molecule has 1 rings (SSSR count). The van der Waals surface area contributed by atoms with Gasteiger partial charge in [-0.05, 0) is 36.1 Å². The van der Waals surface area contributed by atoms with Gasteiger partial charge in [0.15, 0.2) is 0 Å². The Balaban J connectivity index is 3.15. The Labute approximate surface area is 112 Å². The van der Waals surface area contributed by atoms with Crippen molar-refractivity contribution in [2.24, 2.45) is 0 Å². The second kappa shape index (κ2) is 7.03. The lowest BCUT2D eigenvalue weighted by molar-refractivity contribution is -0.142. The van der Waals surface area contributed by atoms with Crippen LogP contribution in [0, 0.1) is 11.3 Å². The SMILES string of the molecule is CCOC(=O)Cc1cc(CC)cc(C#N)c1CCl. The molecule has 0 saturated carbocycles. The minimum atomic E-state index is -0.291. The molecule has 0 unspecified atom stereocenters. The molecule has 0 heterocycles. The number of aryl methyl sites for hydroxylation is 1. The maximum atomic E-state index is 11.5. The van der Waals surface area contributed by atoms with Crippen LogP contribution in [0.5, 0.6) is 0 Å². The molecule has 0 bridgehead atoms. The molecule has 0 aliphatic carbocycles. The zero-order valence-electron chi connectivity index (χ0n) is 10.6. The number of halogens is 1.